The number of rotatable bonds is 7. The lowest BCUT2D eigenvalue weighted by molar-refractivity contribution is 0.0162. The Morgan fingerprint density at radius 3 is 2.50 bits per heavy atom. The summed E-state index contributed by atoms with van der Waals surface area (Å²) in [4.78, 5) is 15.1. The topological polar surface area (TPSA) is 89.7 Å². The molecule has 2 aromatic carbocycles. The molecule has 0 saturated carbocycles. The monoisotopic (exact) mass is 408 g/mol. The molecule has 2 heterocycles. The third-order valence-corrected chi connectivity index (χ3v) is 5.20. The van der Waals surface area contributed by atoms with E-state index in [1.807, 2.05) is 24.3 Å². The molecular weight excluding hydrogens is 384 g/mol. The predicted molar refractivity (Wildman–Crippen MR) is 110 cm³/mol. The van der Waals surface area contributed by atoms with E-state index >= 15 is 0 Å². The maximum Gasteiger partial charge on any atom is 0.251 e. The number of aromatic nitrogens is 2. The summed E-state index contributed by atoms with van der Waals surface area (Å²) < 4.78 is 15.9. The highest BCUT2D eigenvalue weighted by atomic mass is 16.5. The third-order valence-electron chi connectivity index (χ3n) is 5.20. The van der Waals surface area contributed by atoms with Crippen molar-refractivity contribution in [3.8, 4) is 17.2 Å². The lowest BCUT2D eigenvalue weighted by Gasteiger charge is -2.35. The van der Waals surface area contributed by atoms with E-state index in [0.29, 0.717) is 31.2 Å². The van der Waals surface area contributed by atoms with Gasteiger partial charge in [-0.3, -0.25) is 9.69 Å². The van der Waals surface area contributed by atoms with Gasteiger partial charge in [-0.25, -0.2) is 0 Å². The lowest BCUT2D eigenvalue weighted by atomic mass is 10.0. The number of morpholine rings is 1. The lowest BCUT2D eigenvalue weighted by Crippen LogP contribution is -2.43. The Hall–Kier alpha value is -3.23. The number of nitrogens with zero attached hydrogens (tertiary/aromatic N) is 3. The first-order valence-electron chi connectivity index (χ1n) is 9.85. The van der Waals surface area contributed by atoms with Gasteiger partial charge in [-0.05, 0) is 42.0 Å². The quantitative estimate of drug-likeness (QED) is 0.643. The van der Waals surface area contributed by atoms with Crippen molar-refractivity contribution in [2.24, 2.45) is 0 Å². The molecule has 8 heteroatoms. The fourth-order valence-corrected chi connectivity index (χ4v) is 3.53. The van der Waals surface area contributed by atoms with E-state index in [2.05, 4.69) is 20.4 Å². The summed E-state index contributed by atoms with van der Waals surface area (Å²) in [5, 5.41) is 10.6. The molecule has 4 rings (SSSR count). The summed E-state index contributed by atoms with van der Waals surface area (Å²) in [5.41, 5.74) is 2.48. The average Bonchev–Trinajstić information content (AvgIpc) is 3.35. The van der Waals surface area contributed by atoms with Gasteiger partial charge in [-0.1, -0.05) is 12.1 Å². The molecule has 0 radical (unpaired) electrons. The molecule has 1 aliphatic heterocycles. The Morgan fingerprint density at radius 2 is 1.87 bits per heavy atom. The molecule has 8 nitrogen and oxygen atoms in total. The largest absolute Gasteiger partial charge is 0.497 e. The van der Waals surface area contributed by atoms with Gasteiger partial charge in [0.25, 0.3) is 5.91 Å². The Bertz CT molecular complexity index is 936. The van der Waals surface area contributed by atoms with Gasteiger partial charge in [0.05, 0.1) is 26.4 Å². The molecule has 0 bridgehead atoms. The average molecular weight is 408 g/mol. The van der Waals surface area contributed by atoms with Crippen molar-refractivity contribution in [3.63, 3.8) is 0 Å². The predicted octanol–water partition coefficient (Wildman–Crippen LogP) is 2.55. The van der Waals surface area contributed by atoms with E-state index in [0.717, 1.165) is 30.0 Å². The standard InChI is InChI=1S/C22H24N4O4/c1-28-19-8-6-16(7-9-19)20(26-10-12-29-13-11-26)14-23-21(27)17-2-4-18(5-3-17)22-25-24-15-30-22/h2-9,15,20H,10-14H2,1H3,(H,23,27). The number of amides is 1. The molecule has 1 amide bonds. The smallest absolute Gasteiger partial charge is 0.251 e. The van der Waals surface area contributed by atoms with Crippen LogP contribution in [0, 0.1) is 0 Å². The molecule has 3 aromatic rings. The van der Waals surface area contributed by atoms with E-state index in [1.54, 1.807) is 31.4 Å². The van der Waals surface area contributed by atoms with Gasteiger partial charge >= 0.3 is 0 Å². The van der Waals surface area contributed by atoms with Crippen molar-refractivity contribution in [2.45, 2.75) is 6.04 Å². The minimum atomic E-state index is -0.126. The Kier molecular flexibility index (Phi) is 6.36. The fraction of sp³-hybridized carbons (Fsp3) is 0.318. The first-order chi connectivity index (χ1) is 14.7. The zero-order valence-corrected chi connectivity index (χ0v) is 16.8. The molecule has 1 saturated heterocycles. The van der Waals surface area contributed by atoms with Crippen LogP contribution in [0.2, 0.25) is 0 Å². The molecule has 1 aliphatic rings. The second-order valence-corrected chi connectivity index (χ2v) is 6.97. The molecule has 0 spiro atoms. The molecule has 1 unspecified atom stereocenters. The van der Waals surface area contributed by atoms with Crippen molar-refractivity contribution < 1.29 is 18.7 Å². The molecular formula is C22H24N4O4. The van der Waals surface area contributed by atoms with Crippen LogP contribution in [0.5, 0.6) is 5.75 Å². The van der Waals surface area contributed by atoms with Crippen LogP contribution in [0.4, 0.5) is 0 Å². The van der Waals surface area contributed by atoms with E-state index in [-0.39, 0.29) is 11.9 Å². The number of methoxy groups -OCH3 is 1. The van der Waals surface area contributed by atoms with Gasteiger partial charge < -0.3 is 19.2 Å². The Labute approximate surface area is 174 Å². The molecule has 1 aromatic heterocycles. The number of benzene rings is 2. The van der Waals surface area contributed by atoms with Crippen LogP contribution in [0.25, 0.3) is 11.5 Å². The summed E-state index contributed by atoms with van der Waals surface area (Å²) in [5.74, 6) is 1.11. The summed E-state index contributed by atoms with van der Waals surface area (Å²) >= 11 is 0. The highest BCUT2D eigenvalue weighted by Crippen LogP contribution is 2.24. The maximum absolute atomic E-state index is 12.7. The summed E-state index contributed by atoms with van der Waals surface area (Å²) in [6, 6.07) is 15.1. The summed E-state index contributed by atoms with van der Waals surface area (Å²) in [7, 11) is 1.65. The minimum Gasteiger partial charge on any atom is -0.497 e. The summed E-state index contributed by atoms with van der Waals surface area (Å²) in [6.07, 6.45) is 1.28. The highest BCUT2D eigenvalue weighted by molar-refractivity contribution is 5.94. The van der Waals surface area contributed by atoms with Gasteiger partial charge in [0.15, 0.2) is 0 Å². The number of nitrogens with one attached hydrogen (secondary N) is 1. The van der Waals surface area contributed by atoms with E-state index < -0.39 is 0 Å². The zero-order valence-electron chi connectivity index (χ0n) is 16.8. The summed E-state index contributed by atoms with van der Waals surface area (Å²) in [6.45, 7) is 3.53. The molecule has 156 valence electrons. The van der Waals surface area contributed by atoms with Gasteiger partial charge in [-0.2, -0.15) is 0 Å². The molecule has 1 fully saturated rings. The van der Waals surface area contributed by atoms with Crippen LogP contribution in [-0.4, -0.2) is 61.0 Å². The van der Waals surface area contributed by atoms with Gasteiger partial charge in [0, 0.05) is 30.8 Å². The molecule has 30 heavy (non-hydrogen) atoms. The third kappa shape index (κ3) is 4.67. The number of hydrogen-bond donors (Lipinski definition) is 1. The van der Waals surface area contributed by atoms with Gasteiger partial charge in [-0.15, -0.1) is 10.2 Å². The molecule has 1 N–H and O–H groups in total. The van der Waals surface area contributed by atoms with Crippen LogP contribution in [0.1, 0.15) is 22.0 Å². The van der Waals surface area contributed by atoms with Gasteiger partial charge in [0.2, 0.25) is 12.3 Å². The molecule has 1 atom stereocenters. The fourth-order valence-electron chi connectivity index (χ4n) is 3.53. The number of hydrogen-bond acceptors (Lipinski definition) is 7. The first kappa shape index (κ1) is 20.1. The normalized spacial score (nSPS) is 15.5. The van der Waals surface area contributed by atoms with Crippen molar-refractivity contribution in [1.29, 1.82) is 0 Å². The van der Waals surface area contributed by atoms with Gasteiger partial charge in [0.1, 0.15) is 5.75 Å². The van der Waals surface area contributed by atoms with Crippen LogP contribution in [0.15, 0.2) is 59.3 Å². The molecule has 0 aliphatic carbocycles. The van der Waals surface area contributed by atoms with Crippen molar-refractivity contribution >= 4 is 5.91 Å². The second kappa shape index (κ2) is 9.51. The van der Waals surface area contributed by atoms with Crippen LogP contribution in [0.3, 0.4) is 0 Å². The van der Waals surface area contributed by atoms with E-state index in [9.17, 15) is 4.79 Å². The minimum absolute atomic E-state index is 0.0569. The Morgan fingerprint density at radius 1 is 1.13 bits per heavy atom. The van der Waals surface area contributed by atoms with Crippen LogP contribution >= 0.6 is 0 Å². The van der Waals surface area contributed by atoms with Crippen molar-refractivity contribution in [2.75, 3.05) is 40.0 Å². The number of carbonyl (C=O) groups is 1. The van der Waals surface area contributed by atoms with E-state index in [1.165, 1.54) is 6.39 Å². The number of ether oxygens (including phenoxy) is 2. The number of carbonyl (C=O) groups excluding carboxylic acids is 1. The van der Waals surface area contributed by atoms with E-state index in [4.69, 9.17) is 13.9 Å². The van der Waals surface area contributed by atoms with Crippen molar-refractivity contribution in [3.05, 3.63) is 66.1 Å². The zero-order chi connectivity index (χ0) is 20.8. The first-order valence-corrected chi connectivity index (χ1v) is 9.85. The van der Waals surface area contributed by atoms with Crippen molar-refractivity contribution in [1.82, 2.24) is 20.4 Å². The maximum atomic E-state index is 12.7. The Balaban J connectivity index is 1.45. The van der Waals surface area contributed by atoms with Crippen LogP contribution < -0.4 is 10.1 Å². The van der Waals surface area contributed by atoms with Crippen LogP contribution in [-0.2, 0) is 4.74 Å². The second-order valence-electron chi connectivity index (χ2n) is 6.97. The highest BCUT2D eigenvalue weighted by Gasteiger charge is 2.23. The SMILES string of the molecule is COc1ccc(C(CNC(=O)c2ccc(-c3nnco3)cc2)N2CCOCC2)cc1.